The van der Waals surface area contributed by atoms with Gasteiger partial charge in [0.2, 0.25) is 5.82 Å². The highest BCUT2D eigenvalue weighted by atomic mass is 35.5. The van der Waals surface area contributed by atoms with Gasteiger partial charge in [-0.05, 0) is 18.2 Å². The van der Waals surface area contributed by atoms with Crippen molar-refractivity contribution in [2.75, 3.05) is 6.54 Å². The number of hydrogen-bond donors (Lipinski definition) is 2. The molecule has 0 aliphatic rings. The van der Waals surface area contributed by atoms with E-state index in [-0.39, 0.29) is 23.3 Å². The Bertz CT molecular complexity index is 532. The van der Waals surface area contributed by atoms with Gasteiger partial charge in [0.15, 0.2) is 0 Å². The number of nitrogens with zero attached hydrogens (tertiary/aromatic N) is 2. The summed E-state index contributed by atoms with van der Waals surface area (Å²) in [6.45, 7) is -0.0290. The topological polar surface area (TPSA) is 85.2 Å². The minimum absolute atomic E-state index is 0.00268. The summed E-state index contributed by atoms with van der Waals surface area (Å²) in [6, 6.07) is 3.81. The van der Waals surface area contributed by atoms with Crippen LogP contribution in [0.25, 0.3) is 11.4 Å². The van der Waals surface area contributed by atoms with Crippen LogP contribution in [0.15, 0.2) is 22.7 Å². The number of aromatic nitrogens is 2. The van der Waals surface area contributed by atoms with Crippen LogP contribution in [0.1, 0.15) is 12.0 Å². The van der Waals surface area contributed by atoms with Crippen molar-refractivity contribution in [1.29, 1.82) is 0 Å². The molecule has 0 fully saturated rings. The van der Waals surface area contributed by atoms with Crippen molar-refractivity contribution in [3.63, 3.8) is 0 Å². The van der Waals surface area contributed by atoms with Crippen molar-refractivity contribution in [2.45, 2.75) is 6.10 Å². The molecule has 1 heterocycles. The minimum Gasteiger partial charge on any atom is -0.382 e. The zero-order chi connectivity index (χ0) is 12.4. The van der Waals surface area contributed by atoms with Gasteiger partial charge in [0.25, 0.3) is 5.89 Å². The number of aliphatic hydroxyl groups excluding tert-OH is 1. The molecule has 5 nitrogen and oxygen atoms in total. The van der Waals surface area contributed by atoms with E-state index in [1.165, 1.54) is 12.1 Å². The fraction of sp³-hybridized carbons (Fsp3) is 0.200. The van der Waals surface area contributed by atoms with Crippen molar-refractivity contribution in [2.24, 2.45) is 5.73 Å². The van der Waals surface area contributed by atoms with Gasteiger partial charge in [-0.15, -0.1) is 0 Å². The number of halogens is 2. The third kappa shape index (κ3) is 2.44. The summed E-state index contributed by atoms with van der Waals surface area (Å²) in [5.74, 6) is -0.273. The third-order valence-electron chi connectivity index (χ3n) is 2.12. The first kappa shape index (κ1) is 12.0. The predicted octanol–water partition coefficient (Wildman–Crippen LogP) is 1.52. The molecule has 0 aliphatic heterocycles. The van der Waals surface area contributed by atoms with Crippen LogP contribution in [0.3, 0.4) is 0 Å². The summed E-state index contributed by atoms with van der Waals surface area (Å²) >= 11 is 5.84. The average Bonchev–Trinajstić information content (AvgIpc) is 2.77. The fourth-order valence-corrected chi connectivity index (χ4v) is 1.50. The zero-order valence-corrected chi connectivity index (χ0v) is 9.36. The van der Waals surface area contributed by atoms with Gasteiger partial charge in [0.1, 0.15) is 11.9 Å². The van der Waals surface area contributed by atoms with Crippen molar-refractivity contribution >= 4 is 11.6 Å². The van der Waals surface area contributed by atoms with Crippen LogP contribution >= 0.6 is 11.6 Å². The summed E-state index contributed by atoms with van der Waals surface area (Å²) in [7, 11) is 0. The Morgan fingerprint density at radius 1 is 1.53 bits per heavy atom. The molecule has 2 aromatic rings. The second-order valence-electron chi connectivity index (χ2n) is 3.33. The maximum Gasteiger partial charge on any atom is 0.257 e. The number of nitrogens with two attached hydrogens (primary N) is 1. The van der Waals surface area contributed by atoms with Gasteiger partial charge >= 0.3 is 0 Å². The lowest BCUT2D eigenvalue weighted by Gasteiger charge is -1.99. The standard InChI is InChI=1S/C10H9ClFN3O2/c11-7-3-5(12)1-2-6(7)9-14-10(17-15-9)8(16)4-13/h1-3,8,16H,4,13H2. The first-order valence-corrected chi connectivity index (χ1v) is 5.16. The van der Waals surface area contributed by atoms with Crippen LogP contribution in [0.4, 0.5) is 4.39 Å². The Balaban J connectivity index is 2.37. The van der Waals surface area contributed by atoms with E-state index >= 15 is 0 Å². The van der Waals surface area contributed by atoms with E-state index in [9.17, 15) is 9.50 Å². The van der Waals surface area contributed by atoms with E-state index in [0.29, 0.717) is 5.56 Å². The molecule has 0 bridgehead atoms. The Morgan fingerprint density at radius 3 is 2.94 bits per heavy atom. The smallest absolute Gasteiger partial charge is 0.257 e. The molecule has 2 rings (SSSR count). The predicted molar refractivity (Wildman–Crippen MR) is 58.7 cm³/mol. The second-order valence-corrected chi connectivity index (χ2v) is 3.74. The summed E-state index contributed by atoms with van der Waals surface area (Å²) in [4.78, 5) is 3.93. The van der Waals surface area contributed by atoms with Crippen molar-refractivity contribution < 1.29 is 14.0 Å². The number of rotatable bonds is 3. The highest BCUT2D eigenvalue weighted by Crippen LogP contribution is 2.26. The Labute approximate surface area is 101 Å². The average molecular weight is 258 g/mol. The molecule has 0 amide bonds. The molecule has 0 saturated heterocycles. The van der Waals surface area contributed by atoms with Gasteiger partial charge in [-0.3, -0.25) is 0 Å². The molecule has 0 aliphatic carbocycles. The van der Waals surface area contributed by atoms with E-state index < -0.39 is 11.9 Å². The summed E-state index contributed by atoms with van der Waals surface area (Å²) < 4.78 is 17.7. The highest BCUT2D eigenvalue weighted by molar-refractivity contribution is 6.33. The van der Waals surface area contributed by atoms with Crippen molar-refractivity contribution in [3.8, 4) is 11.4 Å². The molecule has 90 valence electrons. The monoisotopic (exact) mass is 257 g/mol. The van der Waals surface area contributed by atoms with E-state index in [2.05, 4.69) is 10.1 Å². The molecule has 0 saturated carbocycles. The molecule has 7 heteroatoms. The van der Waals surface area contributed by atoms with Crippen LogP contribution in [0, 0.1) is 5.82 Å². The maximum absolute atomic E-state index is 12.8. The largest absolute Gasteiger partial charge is 0.382 e. The molecule has 3 N–H and O–H groups in total. The first-order chi connectivity index (χ1) is 8.11. The molecule has 1 atom stereocenters. The van der Waals surface area contributed by atoms with Crippen LogP contribution in [-0.4, -0.2) is 21.8 Å². The molecule has 17 heavy (non-hydrogen) atoms. The van der Waals surface area contributed by atoms with Crippen LogP contribution < -0.4 is 5.73 Å². The SMILES string of the molecule is NCC(O)c1nc(-c2ccc(F)cc2Cl)no1. The molecular weight excluding hydrogens is 249 g/mol. The third-order valence-corrected chi connectivity index (χ3v) is 2.43. The molecule has 0 spiro atoms. The number of benzene rings is 1. The van der Waals surface area contributed by atoms with E-state index in [0.717, 1.165) is 6.07 Å². The Kier molecular flexibility index (Phi) is 3.37. The van der Waals surface area contributed by atoms with Gasteiger partial charge in [-0.2, -0.15) is 4.98 Å². The fourth-order valence-electron chi connectivity index (χ4n) is 1.25. The highest BCUT2D eigenvalue weighted by Gasteiger charge is 2.17. The Morgan fingerprint density at radius 2 is 2.29 bits per heavy atom. The molecular formula is C10H9ClFN3O2. The molecule has 0 radical (unpaired) electrons. The van der Waals surface area contributed by atoms with Crippen LogP contribution in [0.2, 0.25) is 5.02 Å². The van der Waals surface area contributed by atoms with E-state index in [1.807, 2.05) is 0 Å². The van der Waals surface area contributed by atoms with Crippen LogP contribution in [-0.2, 0) is 0 Å². The minimum atomic E-state index is -1.02. The summed E-state index contributed by atoms with van der Waals surface area (Å²) in [5.41, 5.74) is 5.67. The summed E-state index contributed by atoms with van der Waals surface area (Å²) in [6.07, 6.45) is -1.02. The number of aliphatic hydroxyl groups is 1. The zero-order valence-electron chi connectivity index (χ0n) is 8.60. The van der Waals surface area contributed by atoms with E-state index in [4.69, 9.17) is 21.9 Å². The van der Waals surface area contributed by atoms with Crippen molar-refractivity contribution in [3.05, 3.63) is 34.9 Å². The second kappa shape index (κ2) is 4.79. The van der Waals surface area contributed by atoms with Gasteiger partial charge < -0.3 is 15.4 Å². The van der Waals surface area contributed by atoms with Gasteiger partial charge in [0, 0.05) is 12.1 Å². The van der Waals surface area contributed by atoms with Crippen molar-refractivity contribution in [1.82, 2.24) is 10.1 Å². The Hall–Kier alpha value is -1.50. The van der Waals surface area contributed by atoms with Gasteiger partial charge in [-0.1, -0.05) is 16.8 Å². The molecule has 1 aromatic carbocycles. The molecule has 1 aromatic heterocycles. The lowest BCUT2D eigenvalue weighted by atomic mass is 10.2. The lowest BCUT2D eigenvalue weighted by molar-refractivity contribution is 0.141. The van der Waals surface area contributed by atoms with Gasteiger partial charge in [-0.25, -0.2) is 4.39 Å². The first-order valence-electron chi connectivity index (χ1n) is 4.79. The number of hydrogen-bond acceptors (Lipinski definition) is 5. The quantitative estimate of drug-likeness (QED) is 0.871. The van der Waals surface area contributed by atoms with Gasteiger partial charge in [0.05, 0.1) is 5.02 Å². The van der Waals surface area contributed by atoms with E-state index in [1.54, 1.807) is 0 Å². The normalized spacial score (nSPS) is 12.7. The van der Waals surface area contributed by atoms with Crippen LogP contribution in [0.5, 0.6) is 0 Å². The maximum atomic E-state index is 12.8. The molecule has 1 unspecified atom stereocenters. The summed E-state index contributed by atoms with van der Waals surface area (Å²) in [5, 5.41) is 13.2. The lowest BCUT2D eigenvalue weighted by Crippen LogP contribution is -2.11.